The number of nitro groups is 1. The molecule has 1 rings (SSSR count). The zero-order chi connectivity index (χ0) is 14.4. The lowest BCUT2D eigenvalue weighted by molar-refractivity contribution is -0.481. The van der Waals surface area contributed by atoms with E-state index in [2.05, 4.69) is 0 Å². The predicted molar refractivity (Wildman–Crippen MR) is 70.7 cm³/mol. The van der Waals surface area contributed by atoms with E-state index in [0.717, 1.165) is 0 Å². The first-order chi connectivity index (χ1) is 8.99. The first kappa shape index (κ1) is 15.1. The minimum absolute atomic E-state index is 0.289. The Bertz CT molecular complexity index is 483. The Labute approximate surface area is 110 Å². The molecule has 0 unspecified atom stereocenters. The predicted octanol–water partition coefficient (Wildman–Crippen LogP) is -0.128. The van der Waals surface area contributed by atoms with Crippen molar-refractivity contribution in [3.05, 3.63) is 51.6 Å². The maximum absolute atomic E-state index is 10.9. The van der Waals surface area contributed by atoms with Gasteiger partial charge in [-0.2, -0.15) is 0 Å². The summed E-state index contributed by atoms with van der Waals surface area (Å²) in [7, 11) is -1.59. The zero-order valence-corrected chi connectivity index (χ0v) is 10.4. The van der Waals surface area contributed by atoms with E-state index in [1.807, 2.05) is 0 Å². The van der Waals surface area contributed by atoms with Crippen LogP contribution in [0.25, 0.3) is 0 Å². The summed E-state index contributed by atoms with van der Waals surface area (Å²) in [6.07, 6.45) is 2.14. The molecule has 1 aromatic rings. The van der Waals surface area contributed by atoms with Crippen molar-refractivity contribution in [2.45, 2.75) is 12.8 Å². The summed E-state index contributed by atoms with van der Waals surface area (Å²) in [6.45, 7) is 1.25. The summed E-state index contributed by atoms with van der Waals surface area (Å²) in [5.41, 5.74) is 1.20. The minimum atomic E-state index is -1.59. The molecule has 19 heavy (non-hydrogen) atoms. The van der Waals surface area contributed by atoms with E-state index in [9.17, 15) is 14.9 Å². The molecule has 100 valence electrons. The van der Waals surface area contributed by atoms with Crippen LogP contribution in [0.2, 0.25) is 0 Å². The van der Waals surface area contributed by atoms with E-state index in [1.54, 1.807) is 19.1 Å². The molecule has 0 aliphatic rings. The van der Waals surface area contributed by atoms with Gasteiger partial charge >= 0.3 is 7.12 Å². The second-order valence-electron chi connectivity index (χ2n) is 4.01. The highest BCUT2D eigenvalue weighted by molar-refractivity contribution is 6.58. The quantitative estimate of drug-likeness (QED) is 0.245. The van der Waals surface area contributed by atoms with Gasteiger partial charge in [0.05, 0.1) is 5.92 Å². The van der Waals surface area contributed by atoms with Crippen LogP contribution in [0.3, 0.4) is 0 Å². The van der Waals surface area contributed by atoms with Crippen LogP contribution in [-0.2, 0) is 4.79 Å². The van der Waals surface area contributed by atoms with Gasteiger partial charge < -0.3 is 10.0 Å². The lowest BCUT2D eigenvalue weighted by Gasteiger charge is -2.13. The van der Waals surface area contributed by atoms with Crippen molar-refractivity contribution in [3.8, 4) is 0 Å². The Morgan fingerprint density at radius 2 is 2.00 bits per heavy atom. The third kappa shape index (κ3) is 4.01. The molecule has 2 N–H and O–H groups in total. The maximum Gasteiger partial charge on any atom is 0.488 e. The lowest BCUT2D eigenvalue weighted by Crippen LogP contribution is -2.29. The van der Waals surface area contributed by atoms with E-state index in [4.69, 9.17) is 10.0 Å². The van der Waals surface area contributed by atoms with Crippen molar-refractivity contribution >= 4 is 18.9 Å². The van der Waals surface area contributed by atoms with E-state index in [-0.39, 0.29) is 12.0 Å². The number of hydrogen-bond acceptors (Lipinski definition) is 5. The number of nitrogens with zero attached hydrogens (tertiary/aromatic N) is 1. The summed E-state index contributed by atoms with van der Waals surface area (Å²) < 4.78 is 0. The number of carbonyl (C=O) groups excluding carboxylic acids is 1. The summed E-state index contributed by atoms with van der Waals surface area (Å²) in [6, 6.07) is 6.03. The molecular formula is C12H14BNO5. The van der Waals surface area contributed by atoms with Gasteiger partial charge in [-0.1, -0.05) is 30.3 Å². The number of allylic oxidation sites excluding steroid dienone is 1. The summed E-state index contributed by atoms with van der Waals surface area (Å²) in [4.78, 5) is 21.1. The van der Waals surface area contributed by atoms with Crippen molar-refractivity contribution in [2.24, 2.45) is 0 Å². The van der Waals surface area contributed by atoms with Gasteiger partial charge in [-0.25, -0.2) is 0 Å². The van der Waals surface area contributed by atoms with Crippen LogP contribution in [0.15, 0.2) is 35.9 Å². The van der Waals surface area contributed by atoms with Gasteiger partial charge in [0.15, 0.2) is 0 Å². The standard InChI is InChI=1S/C12H14BNO5/c1-2-9(8-15)12(7-14(18)19)10-3-5-11(6-4-10)13(16)17/h2-6,8,12,16-17H,7H2,1H3/b9-2-/t12-/m1/s1. The fourth-order valence-electron chi connectivity index (χ4n) is 1.80. The van der Waals surface area contributed by atoms with Crippen LogP contribution < -0.4 is 5.46 Å². The Kier molecular flexibility index (Phi) is 5.41. The Morgan fingerprint density at radius 1 is 1.42 bits per heavy atom. The van der Waals surface area contributed by atoms with Crippen molar-refractivity contribution < 1.29 is 19.8 Å². The van der Waals surface area contributed by atoms with Crippen molar-refractivity contribution in [3.63, 3.8) is 0 Å². The fraction of sp³-hybridized carbons (Fsp3) is 0.250. The molecule has 0 aromatic heterocycles. The normalized spacial score (nSPS) is 12.9. The molecule has 0 aliphatic heterocycles. The Hall–Kier alpha value is -1.99. The van der Waals surface area contributed by atoms with Crippen molar-refractivity contribution in [2.75, 3.05) is 6.54 Å². The van der Waals surface area contributed by atoms with E-state index in [1.165, 1.54) is 18.2 Å². The fourth-order valence-corrected chi connectivity index (χ4v) is 1.80. The topological polar surface area (TPSA) is 101 Å². The monoisotopic (exact) mass is 263 g/mol. The molecule has 7 heteroatoms. The smallest absolute Gasteiger partial charge is 0.423 e. The van der Waals surface area contributed by atoms with Crippen LogP contribution in [0.5, 0.6) is 0 Å². The number of hydrogen-bond donors (Lipinski definition) is 2. The second kappa shape index (κ2) is 6.82. The third-order valence-electron chi connectivity index (χ3n) is 2.84. The van der Waals surface area contributed by atoms with Gasteiger partial charge in [0, 0.05) is 10.5 Å². The van der Waals surface area contributed by atoms with Crippen LogP contribution in [0.1, 0.15) is 18.4 Å². The van der Waals surface area contributed by atoms with Crippen molar-refractivity contribution in [1.29, 1.82) is 0 Å². The molecule has 0 radical (unpaired) electrons. The highest BCUT2D eigenvalue weighted by Gasteiger charge is 2.22. The van der Waals surface area contributed by atoms with Gasteiger partial charge in [0.25, 0.3) is 0 Å². The number of carbonyl (C=O) groups is 1. The molecule has 0 bridgehead atoms. The molecule has 0 heterocycles. The van der Waals surface area contributed by atoms with Crippen molar-refractivity contribution in [1.82, 2.24) is 0 Å². The first-order valence-electron chi connectivity index (χ1n) is 5.68. The summed E-state index contributed by atoms with van der Waals surface area (Å²) >= 11 is 0. The largest absolute Gasteiger partial charge is 0.488 e. The molecule has 0 amide bonds. The maximum atomic E-state index is 10.9. The van der Waals surface area contributed by atoms with Crippen LogP contribution in [-0.4, -0.2) is 34.9 Å². The first-order valence-corrected chi connectivity index (χ1v) is 5.68. The minimum Gasteiger partial charge on any atom is -0.423 e. The van der Waals surface area contributed by atoms with Gasteiger partial charge in [-0.15, -0.1) is 0 Å². The van der Waals surface area contributed by atoms with Gasteiger partial charge in [0.1, 0.15) is 6.29 Å². The van der Waals surface area contributed by atoms with Gasteiger partial charge in [-0.3, -0.25) is 14.9 Å². The zero-order valence-electron chi connectivity index (χ0n) is 10.4. The van der Waals surface area contributed by atoms with Gasteiger partial charge in [0.2, 0.25) is 6.54 Å². The molecule has 0 spiro atoms. The molecule has 0 saturated carbocycles. The number of aldehydes is 1. The highest BCUT2D eigenvalue weighted by Crippen LogP contribution is 2.22. The highest BCUT2D eigenvalue weighted by atomic mass is 16.6. The Balaban J connectivity index is 3.10. The molecule has 0 fully saturated rings. The average Bonchev–Trinajstić information content (AvgIpc) is 2.38. The summed E-state index contributed by atoms with van der Waals surface area (Å²) in [5, 5.41) is 28.6. The Morgan fingerprint density at radius 3 is 2.37 bits per heavy atom. The third-order valence-corrected chi connectivity index (χ3v) is 2.84. The second-order valence-corrected chi connectivity index (χ2v) is 4.01. The van der Waals surface area contributed by atoms with E-state index in [0.29, 0.717) is 17.4 Å². The SMILES string of the molecule is C/C=C(/C=O)[C@@H](C[N+](=O)[O-])c1ccc(B(O)O)cc1. The van der Waals surface area contributed by atoms with Crippen LogP contribution in [0.4, 0.5) is 0 Å². The lowest BCUT2D eigenvalue weighted by atomic mass is 9.79. The number of rotatable bonds is 6. The number of benzene rings is 1. The van der Waals surface area contributed by atoms with E-state index < -0.39 is 18.0 Å². The molecular weight excluding hydrogens is 249 g/mol. The molecule has 1 atom stereocenters. The molecule has 0 saturated heterocycles. The molecule has 6 nitrogen and oxygen atoms in total. The van der Waals surface area contributed by atoms with E-state index >= 15 is 0 Å². The van der Waals surface area contributed by atoms with Crippen LogP contribution >= 0.6 is 0 Å². The van der Waals surface area contributed by atoms with Gasteiger partial charge in [-0.05, 0) is 17.9 Å². The average molecular weight is 263 g/mol. The molecule has 0 aliphatic carbocycles. The van der Waals surface area contributed by atoms with Crippen LogP contribution in [0, 0.1) is 10.1 Å². The molecule has 1 aromatic carbocycles. The summed E-state index contributed by atoms with van der Waals surface area (Å²) in [5.74, 6) is -0.637.